The second-order valence-electron chi connectivity index (χ2n) is 2.85. The van der Waals surface area contributed by atoms with Crippen molar-refractivity contribution >= 4 is 0 Å². The first-order chi connectivity index (χ1) is 7.70. The van der Waals surface area contributed by atoms with Crippen LogP contribution in [0, 0.1) is 0 Å². The predicted molar refractivity (Wildman–Crippen MR) is 58.1 cm³/mol. The van der Waals surface area contributed by atoms with Crippen molar-refractivity contribution in [3.63, 3.8) is 0 Å². The Morgan fingerprint density at radius 2 is 1.25 bits per heavy atom. The Bertz CT molecular complexity index is 268. The number of hydrogen-bond acceptors (Lipinski definition) is 4. The van der Waals surface area contributed by atoms with Crippen LogP contribution in [0.1, 0.15) is 0 Å². The smallest absolute Gasteiger partial charge is 0.0451 e. The summed E-state index contributed by atoms with van der Waals surface area (Å²) < 4.78 is 0. The number of azide groups is 2. The van der Waals surface area contributed by atoms with E-state index in [1.165, 1.54) is 0 Å². The minimum atomic E-state index is 0.342. The SMILES string of the molecule is CN(CCN=[N+]=[N-])/N=N/N(C)CCN=[N+]=[N-]. The van der Waals surface area contributed by atoms with Gasteiger partial charge >= 0.3 is 0 Å². The predicted octanol–water partition coefficient (Wildman–Crippen LogP) is 1.75. The molecular weight excluding hydrogens is 212 g/mol. The molecule has 16 heavy (non-hydrogen) atoms. The number of likely N-dealkylation sites (N-methyl/N-ethyl adjacent to an activating group) is 2. The van der Waals surface area contributed by atoms with Gasteiger partial charge in [-0.1, -0.05) is 20.7 Å². The van der Waals surface area contributed by atoms with E-state index in [4.69, 9.17) is 11.1 Å². The normalized spacial score (nSPS) is 9.38. The molecule has 0 unspecified atom stereocenters. The Morgan fingerprint density at radius 1 is 0.875 bits per heavy atom. The molecule has 0 saturated heterocycles. The molecule has 88 valence electrons. The molecule has 0 fully saturated rings. The summed E-state index contributed by atoms with van der Waals surface area (Å²) in [6.45, 7) is 1.68. The summed E-state index contributed by atoms with van der Waals surface area (Å²) >= 11 is 0. The highest BCUT2D eigenvalue weighted by atomic mass is 15.7. The third-order valence-electron chi connectivity index (χ3n) is 1.52. The molecule has 0 saturated carbocycles. The molecule has 0 aromatic rings. The Labute approximate surface area is 92.7 Å². The maximum atomic E-state index is 8.06. The first kappa shape index (κ1) is 13.8. The van der Waals surface area contributed by atoms with Gasteiger partial charge in [-0.05, 0) is 11.1 Å². The lowest BCUT2D eigenvalue weighted by Gasteiger charge is -2.12. The van der Waals surface area contributed by atoms with Crippen molar-refractivity contribution in [1.82, 2.24) is 10.0 Å². The Morgan fingerprint density at radius 3 is 1.56 bits per heavy atom. The summed E-state index contributed by atoms with van der Waals surface area (Å²) in [5.74, 6) is 0. The molecule has 10 heteroatoms. The highest BCUT2D eigenvalue weighted by Crippen LogP contribution is 1.90. The lowest BCUT2D eigenvalue weighted by molar-refractivity contribution is 0.256. The molecule has 0 bridgehead atoms. The van der Waals surface area contributed by atoms with E-state index in [1.807, 2.05) is 0 Å². The van der Waals surface area contributed by atoms with Crippen molar-refractivity contribution in [1.29, 1.82) is 0 Å². The first-order valence-corrected chi connectivity index (χ1v) is 4.56. The van der Waals surface area contributed by atoms with E-state index in [9.17, 15) is 0 Å². The largest absolute Gasteiger partial charge is 0.280 e. The average Bonchev–Trinajstić information content (AvgIpc) is 2.27. The molecule has 0 radical (unpaired) electrons. The summed E-state index contributed by atoms with van der Waals surface area (Å²) in [4.78, 5) is 5.24. The highest BCUT2D eigenvalue weighted by molar-refractivity contribution is 4.51. The van der Waals surface area contributed by atoms with Gasteiger partial charge in [-0.2, -0.15) is 0 Å². The van der Waals surface area contributed by atoms with Crippen LogP contribution < -0.4 is 0 Å². The molecule has 0 rings (SSSR count). The van der Waals surface area contributed by atoms with Gasteiger partial charge in [-0.15, -0.1) is 0 Å². The first-order valence-electron chi connectivity index (χ1n) is 4.56. The lowest BCUT2D eigenvalue weighted by Crippen LogP contribution is -2.18. The van der Waals surface area contributed by atoms with Gasteiger partial charge in [0.2, 0.25) is 0 Å². The van der Waals surface area contributed by atoms with Gasteiger partial charge in [0.25, 0.3) is 0 Å². The van der Waals surface area contributed by atoms with Crippen molar-refractivity contribution in [2.75, 3.05) is 40.3 Å². The molecule has 0 aliphatic rings. The average molecular weight is 226 g/mol. The molecule has 0 atom stereocenters. The van der Waals surface area contributed by atoms with Gasteiger partial charge in [0.05, 0.1) is 0 Å². The van der Waals surface area contributed by atoms with Crippen molar-refractivity contribution in [2.24, 2.45) is 20.7 Å². The highest BCUT2D eigenvalue weighted by Gasteiger charge is 1.94. The minimum Gasteiger partial charge on any atom is -0.280 e. The van der Waals surface area contributed by atoms with E-state index in [-0.39, 0.29) is 0 Å². The van der Waals surface area contributed by atoms with E-state index < -0.39 is 0 Å². The fraction of sp³-hybridized carbons (Fsp3) is 1.00. The van der Waals surface area contributed by atoms with E-state index in [0.29, 0.717) is 26.2 Å². The van der Waals surface area contributed by atoms with Gasteiger partial charge in [-0.3, -0.25) is 10.0 Å². The summed E-state index contributed by atoms with van der Waals surface area (Å²) in [5.41, 5.74) is 16.1. The standard InChI is InChI=1S/C6H14N10/c1-15(5-3-9-11-7)13-14-16(2)6-4-10-12-8/h3-6H2,1-2H3/b14-13+. The molecule has 0 amide bonds. The van der Waals surface area contributed by atoms with E-state index in [2.05, 4.69) is 30.5 Å². The van der Waals surface area contributed by atoms with Gasteiger partial charge < -0.3 is 0 Å². The van der Waals surface area contributed by atoms with Crippen LogP contribution in [0.25, 0.3) is 20.9 Å². The van der Waals surface area contributed by atoms with Crippen LogP contribution in [0.15, 0.2) is 20.7 Å². The molecule has 10 nitrogen and oxygen atoms in total. The van der Waals surface area contributed by atoms with Crippen molar-refractivity contribution in [3.8, 4) is 0 Å². The van der Waals surface area contributed by atoms with Gasteiger partial charge in [0, 0.05) is 50.1 Å². The fourth-order valence-corrected chi connectivity index (χ4v) is 0.694. The molecule has 0 aromatic heterocycles. The zero-order valence-corrected chi connectivity index (χ0v) is 9.30. The van der Waals surface area contributed by atoms with Crippen molar-refractivity contribution in [2.45, 2.75) is 0 Å². The second kappa shape index (κ2) is 9.38. The summed E-state index contributed by atoms with van der Waals surface area (Å²) in [6.07, 6.45) is 0. The summed E-state index contributed by atoms with van der Waals surface area (Å²) in [7, 11) is 3.44. The second-order valence-corrected chi connectivity index (χ2v) is 2.85. The van der Waals surface area contributed by atoms with Crippen LogP contribution in [0.5, 0.6) is 0 Å². The summed E-state index contributed by atoms with van der Waals surface area (Å²) in [5, 5.41) is 17.5. The van der Waals surface area contributed by atoms with Crippen LogP contribution in [0.4, 0.5) is 0 Å². The molecule has 0 aromatic carbocycles. The third kappa shape index (κ3) is 8.42. The quantitative estimate of drug-likeness (QED) is 0.270. The fourth-order valence-electron chi connectivity index (χ4n) is 0.694. The van der Waals surface area contributed by atoms with Crippen LogP contribution in [0.2, 0.25) is 0 Å². The van der Waals surface area contributed by atoms with Crippen LogP contribution in [0.3, 0.4) is 0 Å². The van der Waals surface area contributed by atoms with Gasteiger partial charge in [0.15, 0.2) is 0 Å². The lowest BCUT2D eigenvalue weighted by atomic mass is 10.6. The monoisotopic (exact) mass is 226 g/mol. The van der Waals surface area contributed by atoms with Crippen molar-refractivity contribution < 1.29 is 0 Å². The number of nitrogens with zero attached hydrogens (tertiary/aromatic N) is 10. The van der Waals surface area contributed by atoms with E-state index >= 15 is 0 Å². The molecule has 0 aliphatic carbocycles. The van der Waals surface area contributed by atoms with Crippen LogP contribution in [-0.4, -0.2) is 50.3 Å². The maximum Gasteiger partial charge on any atom is 0.0451 e. The zero-order chi connectivity index (χ0) is 12.2. The minimum absolute atomic E-state index is 0.342. The topological polar surface area (TPSA) is 129 Å². The Kier molecular flexibility index (Phi) is 8.10. The van der Waals surface area contributed by atoms with Crippen LogP contribution >= 0.6 is 0 Å². The third-order valence-corrected chi connectivity index (χ3v) is 1.52. The molecule has 0 aliphatic heterocycles. The maximum absolute atomic E-state index is 8.06. The summed E-state index contributed by atoms with van der Waals surface area (Å²) in [6, 6.07) is 0. The molecule has 0 heterocycles. The Balaban J connectivity index is 3.77. The van der Waals surface area contributed by atoms with Gasteiger partial charge in [0.1, 0.15) is 0 Å². The number of rotatable bonds is 8. The Hall–Kier alpha value is -2.18. The van der Waals surface area contributed by atoms with Crippen molar-refractivity contribution in [3.05, 3.63) is 20.9 Å². The zero-order valence-electron chi connectivity index (χ0n) is 9.30. The van der Waals surface area contributed by atoms with E-state index in [0.717, 1.165) is 0 Å². The van der Waals surface area contributed by atoms with Gasteiger partial charge in [-0.25, -0.2) is 0 Å². The number of hydrogen-bond donors (Lipinski definition) is 0. The van der Waals surface area contributed by atoms with E-state index in [1.54, 1.807) is 24.1 Å². The molecule has 0 spiro atoms. The molecule has 0 N–H and O–H groups in total. The van der Waals surface area contributed by atoms with Crippen LogP contribution in [-0.2, 0) is 0 Å². The molecular formula is C6H14N10.